The minimum atomic E-state index is -0.0995. The molecule has 4 aliphatic rings. The number of carbonyl (C=O) groups excluding carboxylic acids is 1. The SMILES string of the molecule is C[NH+]1CCCC(C2C[C@H](c3ccccc3)CCN2C(=O)[C@@H]2C[NH2+]C[C@]23CCCc2nc(Cl)ccc23)C1. The van der Waals surface area contributed by atoms with Crippen LogP contribution < -0.4 is 10.2 Å². The molecule has 3 fully saturated rings. The first kappa shape index (κ1) is 24.4. The van der Waals surface area contributed by atoms with Crippen molar-refractivity contribution in [3.63, 3.8) is 0 Å². The van der Waals surface area contributed by atoms with Crippen LogP contribution in [0.3, 0.4) is 0 Å². The van der Waals surface area contributed by atoms with Gasteiger partial charge >= 0.3 is 0 Å². The number of nitrogens with one attached hydrogen (secondary N) is 1. The highest BCUT2D eigenvalue weighted by atomic mass is 35.5. The fourth-order valence-corrected chi connectivity index (χ4v) is 8.37. The van der Waals surface area contributed by atoms with Gasteiger partial charge in [0.2, 0.25) is 5.91 Å². The van der Waals surface area contributed by atoms with Gasteiger partial charge in [-0.3, -0.25) is 4.79 Å². The Bertz CT molecular complexity index is 1090. The summed E-state index contributed by atoms with van der Waals surface area (Å²) >= 11 is 6.28. The van der Waals surface area contributed by atoms with Crippen LogP contribution in [0.25, 0.3) is 0 Å². The molecule has 4 heterocycles. The van der Waals surface area contributed by atoms with Crippen LogP contribution >= 0.6 is 11.6 Å². The lowest BCUT2D eigenvalue weighted by Gasteiger charge is -2.47. The molecule has 6 rings (SSSR count). The molecule has 192 valence electrons. The molecule has 1 spiro atoms. The number of pyridine rings is 1. The van der Waals surface area contributed by atoms with E-state index in [9.17, 15) is 4.79 Å². The van der Waals surface area contributed by atoms with Gasteiger partial charge in [-0.1, -0.05) is 48.0 Å². The lowest BCUT2D eigenvalue weighted by Crippen LogP contribution is -3.11. The van der Waals surface area contributed by atoms with Gasteiger partial charge in [-0.25, -0.2) is 4.98 Å². The van der Waals surface area contributed by atoms with Crippen LogP contribution in [0.2, 0.25) is 5.15 Å². The predicted molar refractivity (Wildman–Crippen MR) is 142 cm³/mol. The number of aromatic nitrogens is 1. The average molecular weight is 509 g/mol. The van der Waals surface area contributed by atoms with Crippen molar-refractivity contribution in [1.29, 1.82) is 0 Å². The molecule has 6 heteroatoms. The first-order valence-electron chi connectivity index (χ1n) is 14.2. The number of halogens is 1. The van der Waals surface area contributed by atoms with E-state index < -0.39 is 0 Å². The number of aryl methyl sites for hydroxylation is 1. The third kappa shape index (κ3) is 4.37. The Morgan fingerprint density at radius 2 is 2.03 bits per heavy atom. The number of rotatable bonds is 3. The number of amides is 1. The van der Waals surface area contributed by atoms with E-state index in [1.807, 2.05) is 6.07 Å². The third-order valence-corrected chi connectivity index (χ3v) is 10.1. The Hall–Kier alpha value is -1.95. The van der Waals surface area contributed by atoms with Gasteiger partial charge in [0.25, 0.3) is 0 Å². The number of nitrogens with zero attached hydrogens (tertiary/aromatic N) is 2. The molecule has 1 aliphatic carbocycles. The minimum Gasteiger partial charge on any atom is -0.345 e. The quantitative estimate of drug-likeness (QED) is 0.625. The second kappa shape index (κ2) is 10.1. The zero-order valence-electron chi connectivity index (χ0n) is 21.6. The number of hydrogen-bond donors (Lipinski definition) is 2. The van der Waals surface area contributed by atoms with E-state index in [1.165, 1.54) is 37.1 Å². The van der Waals surface area contributed by atoms with Gasteiger partial charge in [0.05, 0.1) is 38.6 Å². The van der Waals surface area contributed by atoms with Gasteiger partial charge < -0.3 is 15.1 Å². The zero-order valence-corrected chi connectivity index (χ0v) is 22.4. The molecular formula is C30H41ClN4O+2. The molecule has 1 aromatic carbocycles. The fourth-order valence-electron chi connectivity index (χ4n) is 8.20. The number of hydrogen-bond acceptors (Lipinski definition) is 2. The van der Waals surface area contributed by atoms with Gasteiger partial charge in [0, 0.05) is 24.2 Å². The fraction of sp³-hybridized carbons (Fsp3) is 0.600. The van der Waals surface area contributed by atoms with Crippen molar-refractivity contribution in [3.8, 4) is 0 Å². The maximum absolute atomic E-state index is 14.6. The Balaban J connectivity index is 1.31. The molecular weight excluding hydrogens is 468 g/mol. The van der Waals surface area contributed by atoms with Gasteiger partial charge in [0.15, 0.2) is 0 Å². The first-order valence-corrected chi connectivity index (χ1v) is 14.6. The summed E-state index contributed by atoms with van der Waals surface area (Å²) in [5.74, 6) is 1.58. The van der Waals surface area contributed by atoms with Crippen LogP contribution in [-0.2, 0) is 16.6 Å². The van der Waals surface area contributed by atoms with Crippen LogP contribution in [-0.4, -0.2) is 61.6 Å². The summed E-state index contributed by atoms with van der Waals surface area (Å²) in [6.07, 6.45) is 7.84. The van der Waals surface area contributed by atoms with Crippen LogP contribution in [0, 0.1) is 11.8 Å². The molecule has 1 aromatic heterocycles. The first-order chi connectivity index (χ1) is 17.5. The van der Waals surface area contributed by atoms with Crippen molar-refractivity contribution in [2.75, 3.05) is 39.8 Å². The summed E-state index contributed by atoms with van der Waals surface area (Å²) in [6.45, 7) is 5.20. The van der Waals surface area contributed by atoms with Crippen LogP contribution in [0.5, 0.6) is 0 Å². The van der Waals surface area contributed by atoms with Crippen LogP contribution in [0.1, 0.15) is 61.3 Å². The van der Waals surface area contributed by atoms with E-state index in [0.717, 1.165) is 57.4 Å². The maximum atomic E-state index is 14.6. The van der Waals surface area contributed by atoms with Gasteiger partial charge in [-0.05, 0) is 68.1 Å². The second-order valence-corrected chi connectivity index (χ2v) is 12.4. The number of likely N-dealkylation sites (tertiary alicyclic amines) is 2. The molecule has 1 amide bonds. The van der Waals surface area contributed by atoms with Crippen molar-refractivity contribution >= 4 is 17.5 Å². The number of nitrogens with two attached hydrogens (primary N) is 1. The summed E-state index contributed by atoms with van der Waals surface area (Å²) in [5, 5.41) is 2.96. The maximum Gasteiger partial charge on any atom is 0.232 e. The molecule has 0 saturated carbocycles. The summed E-state index contributed by atoms with van der Waals surface area (Å²) < 4.78 is 0. The van der Waals surface area contributed by atoms with Crippen molar-refractivity contribution in [3.05, 3.63) is 64.4 Å². The van der Waals surface area contributed by atoms with E-state index in [4.69, 9.17) is 16.6 Å². The number of benzene rings is 1. The molecule has 36 heavy (non-hydrogen) atoms. The number of fused-ring (bicyclic) bond motifs is 2. The van der Waals surface area contributed by atoms with E-state index in [0.29, 0.717) is 28.9 Å². The van der Waals surface area contributed by atoms with Gasteiger partial charge in [0.1, 0.15) is 11.1 Å². The van der Waals surface area contributed by atoms with E-state index in [2.05, 4.69) is 53.7 Å². The summed E-state index contributed by atoms with van der Waals surface area (Å²) in [6, 6.07) is 15.5. The third-order valence-electron chi connectivity index (χ3n) is 9.92. The Morgan fingerprint density at radius 3 is 2.86 bits per heavy atom. The number of quaternary nitrogens is 2. The molecule has 6 atom stereocenters. The molecule has 5 nitrogen and oxygen atoms in total. The van der Waals surface area contributed by atoms with E-state index >= 15 is 0 Å². The lowest BCUT2D eigenvalue weighted by atomic mass is 9.65. The van der Waals surface area contributed by atoms with E-state index in [1.54, 1.807) is 4.90 Å². The molecule has 0 bridgehead atoms. The zero-order chi connectivity index (χ0) is 24.7. The highest BCUT2D eigenvalue weighted by Gasteiger charge is 2.55. The largest absolute Gasteiger partial charge is 0.345 e. The minimum absolute atomic E-state index is 0.0315. The predicted octanol–water partition coefficient (Wildman–Crippen LogP) is 2.20. The molecule has 0 radical (unpaired) electrons. The Kier molecular flexibility index (Phi) is 6.83. The van der Waals surface area contributed by atoms with Gasteiger partial charge in [-0.2, -0.15) is 0 Å². The summed E-state index contributed by atoms with van der Waals surface area (Å²) in [5.41, 5.74) is 3.76. The molecule has 3 saturated heterocycles. The Morgan fingerprint density at radius 1 is 1.17 bits per heavy atom. The van der Waals surface area contributed by atoms with Crippen molar-refractivity contribution in [1.82, 2.24) is 9.88 Å². The molecule has 3 aliphatic heterocycles. The monoisotopic (exact) mass is 508 g/mol. The molecule has 3 unspecified atom stereocenters. The van der Waals surface area contributed by atoms with E-state index in [-0.39, 0.29) is 11.3 Å². The summed E-state index contributed by atoms with van der Waals surface area (Å²) in [7, 11) is 2.33. The highest BCUT2D eigenvalue weighted by molar-refractivity contribution is 6.29. The van der Waals surface area contributed by atoms with Crippen LogP contribution in [0.15, 0.2) is 42.5 Å². The van der Waals surface area contributed by atoms with Crippen molar-refractivity contribution in [2.24, 2.45) is 11.8 Å². The Labute approximate surface area is 220 Å². The number of carbonyl (C=O) groups is 1. The normalized spacial score (nSPS) is 34.5. The number of piperidine rings is 2. The second-order valence-electron chi connectivity index (χ2n) is 12.0. The van der Waals surface area contributed by atoms with Crippen LogP contribution in [0.4, 0.5) is 0 Å². The average Bonchev–Trinajstić information content (AvgIpc) is 3.32. The molecule has 3 N–H and O–H groups in total. The van der Waals surface area contributed by atoms with Gasteiger partial charge in [-0.15, -0.1) is 0 Å². The standard InChI is InChI=1S/C30H39ClN4O/c1-34-15-6-9-23(19-34)27-17-22(21-7-3-2-4-8-21)13-16-35(27)29(36)25-18-32-20-30(25)14-5-10-26-24(30)11-12-28(31)33-26/h2-4,7-8,11-12,22-23,25,27,32H,5-6,9-10,13-20H2,1H3/p+2/t22-,23?,25+,27?,30+/m1/s1. The lowest BCUT2D eigenvalue weighted by molar-refractivity contribution is -0.889. The van der Waals surface area contributed by atoms with Crippen molar-refractivity contribution in [2.45, 2.75) is 62.3 Å². The molecule has 2 aromatic rings. The smallest absolute Gasteiger partial charge is 0.232 e. The topological polar surface area (TPSA) is 54.2 Å². The highest BCUT2D eigenvalue weighted by Crippen LogP contribution is 2.45. The summed E-state index contributed by atoms with van der Waals surface area (Å²) in [4.78, 5) is 23.3. The van der Waals surface area contributed by atoms with Crippen molar-refractivity contribution < 1.29 is 15.0 Å².